The first kappa shape index (κ1) is 60.6. The van der Waals surface area contributed by atoms with E-state index in [0.29, 0.717) is 5.56 Å². The predicted molar refractivity (Wildman–Crippen MR) is 272 cm³/mol. The number of aromatic hydroxyl groups is 6. The quantitative estimate of drug-likeness (QED) is 0.0507. The molecule has 4 aliphatic heterocycles. The van der Waals surface area contributed by atoms with Gasteiger partial charge in [-0.25, -0.2) is 0 Å². The Bertz CT molecular complexity index is 3390. The van der Waals surface area contributed by atoms with Crippen LogP contribution < -0.4 is 20.3 Å². The second kappa shape index (κ2) is 24.3. The topological polar surface area (TPSA) is 498 Å². The number of phenols is 6. The van der Waals surface area contributed by atoms with Gasteiger partial charge in [0.05, 0.1) is 32.5 Å². The van der Waals surface area contributed by atoms with E-state index in [4.69, 9.17) is 46.7 Å². The second-order valence-electron chi connectivity index (χ2n) is 19.9. The molecule has 0 aliphatic carbocycles. The Kier molecular flexibility index (Phi) is 17.7. The van der Waals surface area contributed by atoms with Crippen LogP contribution in [0.15, 0.2) is 91.2 Å². The summed E-state index contributed by atoms with van der Waals surface area (Å²) in [6.07, 6.45) is -27.2. The lowest BCUT2D eigenvalue weighted by Crippen LogP contribution is -2.62. The number of aliphatic hydroxyl groups is 12. The van der Waals surface area contributed by atoms with Gasteiger partial charge in [0.15, 0.2) is 35.3 Å². The first-order chi connectivity index (χ1) is 39.3. The monoisotopic (exact) mass is 1170 g/mol. The fourth-order valence-corrected chi connectivity index (χ4v) is 9.43. The third-order valence-corrected chi connectivity index (χ3v) is 14.2. The summed E-state index contributed by atoms with van der Waals surface area (Å²) < 4.78 is 55.5. The number of benzene rings is 4. The summed E-state index contributed by atoms with van der Waals surface area (Å²) in [5.41, 5.74) is -3.50. The van der Waals surface area contributed by atoms with Crippen LogP contribution in [0.1, 0.15) is 6.92 Å². The minimum absolute atomic E-state index is 0.0147. The maximum atomic E-state index is 13.6. The highest BCUT2D eigenvalue weighted by atomic mass is 16.8. The number of hydrogen-bond acceptors (Lipinski definition) is 30. The summed E-state index contributed by atoms with van der Waals surface area (Å²) in [6.45, 7) is -1.20. The third kappa shape index (κ3) is 12.1. The van der Waals surface area contributed by atoms with Crippen LogP contribution in [0.25, 0.3) is 44.6 Å². The first-order valence-electron chi connectivity index (χ1n) is 25.2. The molecule has 18 N–H and O–H groups in total. The highest BCUT2D eigenvalue weighted by Gasteiger charge is 2.54. The molecule has 4 fully saturated rings. The van der Waals surface area contributed by atoms with Gasteiger partial charge in [-0.1, -0.05) is 0 Å². The Labute approximate surface area is 464 Å². The van der Waals surface area contributed by atoms with Crippen LogP contribution in [0.5, 0.6) is 46.0 Å². The average molecular weight is 1180 g/mol. The first-order valence-corrected chi connectivity index (χ1v) is 25.2. The van der Waals surface area contributed by atoms with Crippen LogP contribution >= 0.6 is 0 Å². The van der Waals surface area contributed by atoms with Gasteiger partial charge in [-0.2, -0.15) is 0 Å². The lowest BCUT2D eigenvalue weighted by atomic mass is 9.98. The molecule has 6 heterocycles. The minimum Gasteiger partial charge on any atom is -0.508 e. The van der Waals surface area contributed by atoms with Crippen molar-refractivity contribution in [3.05, 3.63) is 93.2 Å². The van der Waals surface area contributed by atoms with E-state index in [9.17, 15) is 102 Å². The van der Waals surface area contributed by atoms with Gasteiger partial charge in [0, 0.05) is 41.5 Å². The molecule has 30 nitrogen and oxygen atoms in total. The number of ether oxygens (including phenoxy) is 8. The van der Waals surface area contributed by atoms with Crippen molar-refractivity contribution >= 4 is 21.9 Å². The van der Waals surface area contributed by atoms with Gasteiger partial charge in [0.1, 0.15) is 135 Å². The molecule has 1 unspecified atom stereocenters. The number of rotatable bonds is 13. The normalized spacial score (nSPS) is 32.7. The number of aliphatic hydroxyl groups excluding tert-OH is 11. The summed E-state index contributed by atoms with van der Waals surface area (Å²) in [5, 5.41) is 182. The largest absolute Gasteiger partial charge is 0.508 e. The van der Waals surface area contributed by atoms with E-state index in [0.717, 1.165) is 30.3 Å². The molecule has 83 heavy (non-hydrogen) atoms. The van der Waals surface area contributed by atoms with Crippen LogP contribution in [0.2, 0.25) is 0 Å². The van der Waals surface area contributed by atoms with Crippen LogP contribution in [0, 0.1) is 0 Å². The molecular formula is C53H58O30. The van der Waals surface area contributed by atoms with Crippen molar-refractivity contribution < 1.29 is 139 Å². The van der Waals surface area contributed by atoms with Gasteiger partial charge in [-0.05, 0) is 49.4 Å². The average Bonchev–Trinajstić information content (AvgIpc) is 3.07. The molecule has 4 saturated heterocycles. The molecule has 4 aliphatic rings. The zero-order valence-electron chi connectivity index (χ0n) is 43.0. The summed E-state index contributed by atoms with van der Waals surface area (Å²) >= 11 is 0. The van der Waals surface area contributed by atoms with E-state index < -0.39 is 193 Å². The number of hydrogen-bond donors (Lipinski definition) is 18. The predicted octanol–water partition coefficient (Wildman–Crippen LogP) is -3.17. The van der Waals surface area contributed by atoms with Crippen LogP contribution in [0.4, 0.5) is 0 Å². The van der Waals surface area contributed by atoms with E-state index in [1.54, 1.807) is 0 Å². The molecule has 30 heteroatoms. The third-order valence-electron chi connectivity index (χ3n) is 14.2. The van der Waals surface area contributed by atoms with Gasteiger partial charge in [-0.3, -0.25) is 9.59 Å². The van der Waals surface area contributed by atoms with Crippen LogP contribution in [-0.4, -0.2) is 228 Å². The van der Waals surface area contributed by atoms with Gasteiger partial charge in [-0.15, -0.1) is 0 Å². The number of fused-ring (bicyclic) bond motifs is 2. The molecule has 18 atom stereocenters. The molecule has 0 spiro atoms. The van der Waals surface area contributed by atoms with Gasteiger partial charge in [0.2, 0.25) is 23.8 Å². The maximum Gasteiger partial charge on any atom is 0.239 e. The van der Waals surface area contributed by atoms with Crippen LogP contribution in [0.3, 0.4) is 0 Å². The minimum atomic E-state index is -2.00. The summed E-state index contributed by atoms with van der Waals surface area (Å²) in [5.74, 6) is -3.79. The summed E-state index contributed by atoms with van der Waals surface area (Å²) in [6, 6.07) is 14.6. The highest BCUT2D eigenvalue weighted by molar-refractivity contribution is 5.89. The van der Waals surface area contributed by atoms with E-state index in [2.05, 4.69) is 0 Å². The zero-order chi connectivity index (χ0) is 60.1. The lowest BCUT2D eigenvalue weighted by molar-refractivity contribution is -0.318. The van der Waals surface area contributed by atoms with E-state index in [-0.39, 0.29) is 39.4 Å². The molecular weight excluding hydrogens is 1120 g/mol. The molecule has 0 bridgehead atoms. The molecule has 450 valence electrons. The number of phenolic OH excluding ortho intramolecular Hbond substituents is 6. The van der Waals surface area contributed by atoms with Crippen molar-refractivity contribution in [1.82, 2.24) is 0 Å². The molecule has 10 rings (SSSR count). The van der Waals surface area contributed by atoms with Crippen molar-refractivity contribution in [3.63, 3.8) is 0 Å². The van der Waals surface area contributed by atoms with Gasteiger partial charge in [0.25, 0.3) is 0 Å². The summed E-state index contributed by atoms with van der Waals surface area (Å²) in [7, 11) is 0. The molecule has 4 aromatic carbocycles. The van der Waals surface area contributed by atoms with Crippen molar-refractivity contribution in [2.45, 2.75) is 117 Å². The maximum absolute atomic E-state index is 13.6. The van der Waals surface area contributed by atoms with Gasteiger partial charge < -0.3 is 139 Å². The smallest absolute Gasteiger partial charge is 0.239 e. The van der Waals surface area contributed by atoms with E-state index >= 15 is 0 Å². The lowest BCUT2D eigenvalue weighted by Gasteiger charge is -2.42. The van der Waals surface area contributed by atoms with Gasteiger partial charge >= 0.3 is 0 Å². The fourth-order valence-electron chi connectivity index (χ4n) is 9.43. The Balaban J connectivity index is 0.000000200. The Morgan fingerprint density at radius 2 is 1.19 bits per heavy atom. The standard InChI is InChI=1S/C27H30O16.C26H28O14/c1-8-17(32)20(35)22(37)26(40-8)39-7-15-18(33)21(36)23(38)27(42-15)43-25-19(34)16-13(31)5-10(28)6-14(16)41-24(25)9-2-3-11(29)12(30)4-9;27-8-18-22(40-25-23(34)26(35,9-28)10-36-25)20(32)21(33)24(39-18)37-13-5-14(30)19-15(31)7-16(38-17(19)6-13)11-1-3-12(29)4-2-11/h2-6,8,15,17-18,20-23,26-33,35-38H,7H2,1H3;1-7,18,20-25,27-30,32-35H,8-10H2/t8-,15+,17-,18+,20+,21-,22+,23+,26+,27-;18-,20-,21-,22-,23+,24-,25?,26-/m01/s1. The zero-order valence-corrected chi connectivity index (χ0v) is 43.0. The molecule has 0 saturated carbocycles. The van der Waals surface area contributed by atoms with Crippen molar-refractivity contribution in [3.8, 4) is 68.6 Å². The molecule has 0 amide bonds. The van der Waals surface area contributed by atoms with Crippen LogP contribution in [-0.2, 0) is 28.4 Å². The van der Waals surface area contributed by atoms with Crippen molar-refractivity contribution in [2.75, 3.05) is 26.4 Å². The SMILES string of the molecule is C[C@@H]1O[C@@H](OC[C@H]2O[C@@H](Oc3c(-c4ccc(O)c(O)c4)oc4cc(O)cc(O)c4c3=O)[C@H](O)[C@@H](O)[C@@H]2O)[C@H](O)[C@H](O)[C@H]1O.O=c1cc(-c2ccc(O)cc2)oc2cc(O[C@@H]3O[C@H](CO)[C@@H](OC4OC[C@](O)(CO)[C@H]4O)[C@H](O)[C@H]3O)cc(O)c12. The molecule has 6 aromatic rings. The Morgan fingerprint density at radius 3 is 1.87 bits per heavy atom. The highest BCUT2D eigenvalue weighted by Crippen LogP contribution is 2.41. The molecule has 0 radical (unpaired) electrons. The Morgan fingerprint density at radius 1 is 0.566 bits per heavy atom. The van der Waals surface area contributed by atoms with Crippen molar-refractivity contribution in [2.24, 2.45) is 0 Å². The summed E-state index contributed by atoms with van der Waals surface area (Å²) in [4.78, 5) is 26.3. The Hall–Kier alpha value is -7.02. The van der Waals surface area contributed by atoms with Crippen molar-refractivity contribution in [1.29, 1.82) is 0 Å². The fraction of sp³-hybridized carbons (Fsp3) is 0.434. The molecule has 2 aromatic heterocycles. The van der Waals surface area contributed by atoms with E-state index in [1.807, 2.05) is 0 Å². The second-order valence-corrected chi connectivity index (χ2v) is 19.9. The van der Waals surface area contributed by atoms with E-state index in [1.165, 1.54) is 49.4 Å².